The second kappa shape index (κ2) is 13.0. The molecule has 0 bridgehead atoms. The van der Waals surface area contributed by atoms with Crippen molar-refractivity contribution in [2.75, 3.05) is 6.61 Å². The number of hydrogen-bond acceptors (Lipinski definition) is 4. The van der Waals surface area contributed by atoms with Crippen molar-refractivity contribution in [1.29, 1.82) is 0 Å². The first-order chi connectivity index (χ1) is 12.0. The summed E-state index contributed by atoms with van der Waals surface area (Å²) in [4.78, 5) is 23.3. The summed E-state index contributed by atoms with van der Waals surface area (Å²) in [5.41, 5.74) is 0. The molecule has 0 radical (unpaired) electrons. The quantitative estimate of drug-likeness (QED) is 0.251. The van der Waals surface area contributed by atoms with Gasteiger partial charge in [0.1, 0.15) is 5.75 Å². The molecule has 0 aliphatic heterocycles. The van der Waals surface area contributed by atoms with Gasteiger partial charge in [-0.05, 0) is 31.0 Å². The van der Waals surface area contributed by atoms with Gasteiger partial charge in [0, 0.05) is 22.9 Å². The molecule has 6 heteroatoms. The summed E-state index contributed by atoms with van der Waals surface area (Å²) in [7, 11) is 0. The largest absolute Gasteiger partial charge is 0.466 e. The van der Waals surface area contributed by atoms with Crippen LogP contribution in [-0.4, -0.2) is 18.5 Å². The van der Waals surface area contributed by atoms with E-state index in [1.165, 1.54) is 37.8 Å². The second-order valence-electron chi connectivity index (χ2n) is 5.92. The molecule has 0 aromatic heterocycles. The van der Waals surface area contributed by atoms with E-state index in [1.54, 1.807) is 6.07 Å². The number of rotatable bonds is 12. The van der Waals surface area contributed by atoms with Crippen molar-refractivity contribution in [1.82, 2.24) is 0 Å². The predicted octanol–water partition coefficient (Wildman–Crippen LogP) is 5.97. The molecule has 0 fully saturated rings. The van der Waals surface area contributed by atoms with Crippen LogP contribution in [0.2, 0.25) is 10.0 Å². The summed E-state index contributed by atoms with van der Waals surface area (Å²) in [6, 6.07) is 4.58. The molecule has 25 heavy (non-hydrogen) atoms. The molecule has 0 saturated carbocycles. The summed E-state index contributed by atoms with van der Waals surface area (Å²) in [5, 5.41) is 0.794. The van der Waals surface area contributed by atoms with Crippen LogP contribution in [0, 0.1) is 0 Å². The molecule has 0 aliphatic rings. The number of carbonyl (C=O) groups is 2. The zero-order chi connectivity index (χ0) is 18.5. The van der Waals surface area contributed by atoms with Crippen molar-refractivity contribution >= 4 is 35.1 Å². The highest BCUT2D eigenvalue weighted by molar-refractivity contribution is 6.34. The van der Waals surface area contributed by atoms with E-state index in [2.05, 4.69) is 6.92 Å². The Kier molecular flexibility index (Phi) is 11.3. The Labute approximate surface area is 159 Å². The molecule has 140 valence electrons. The first-order valence-electron chi connectivity index (χ1n) is 8.83. The van der Waals surface area contributed by atoms with E-state index in [9.17, 15) is 9.59 Å². The summed E-state index contributed by atoms with van der Waals surface area (Å²) in [5.74, 6) is -0.401. The van der Waals surface area contributed by atoms with Crippen LogP contribution in [0.25, 0.3) is 0 Å². The average Bonchev–Trinajstić information content (AvgIpc) is 2.53. The molecule has 0 saturated heterocycles. The molecule has 0 N–H and O–H groups in total. The number of carbonyl (C=O) groups excluding carboxylic acids is 2. The number of unbranched alkanes of at least 4 members (excludes halogenated alkanes) is 5. The number of benzene rings is 1. The van der Waals surface area contributed by atoms with Gasteiger partial charge in [0.2, 0.25) is 0 Å². The van der Waals surface area contributed by atoms with E-state index in [-0.39, 0.29) is 18.8 Å². The highest BCUT2D eigenvalue weighted by Crippen LogP contribution is 2.24. The zero-order valence-electron chi connectivity index (χ0n) is 14.7. The standard InChI is InChI=1S/C19H26Cl2O4/c1-2-3-4-5-6-7-11-24-18(22)9-8-10-19(23)25-17-13-15(20)12-16(21)14-17/h12-14H,2-11H2,1H3. The van der Waals surface area contributed by atoms with Gasteiger partial charge in [-0.15, -0.1) is 0 Å². The molecule has 0 heterocycles. The molecule has 0 aliphatic carbocycles. The maximum Gasteiger partial charge on any atom is 0.311 e. The maximum atomic E-state index is 11.7. The fourth-order valence-corrected chi connectivity index (χ4v) is 2.79. The molecule has 0 unspecified atom stereocenters. The molecule has 1 aromatic carbocycles. The van der Waals surface area contributed by atoms with Crippen molar-refractivity contribution < 1.29 is 19.1 Å². The Hall–Kier alpha value is -1.26. The fraction of sp³-hybridized carbons (Fsp3) is 0.579. The Morgan fingerprint density at radius 1 is 0.840 bits per heavy atom. The molecule has 1 rings (SSSR count). The lowest BCUT2D eigenvalue weighted by atomic mass is 10.1. The van der Waals surface area contributed by atoms with Crippen LogP contribution in [0.5, 0.6) is 5.75 Å². The molecule has 0 atom stereocenters. The van der Waals surface area contributed by atoms with Gasteiger partial charge in [-0.2, -0.15) is 0 Å². The Morgan fingerprint density at radius 3 is 2.12 bits per heavy atom. The van der Waals surface area contributed by atoms with Crippen molar-refractivity contribution in [2.24, 2.45) is 0 Å². The zero-order valence-corrected chi connectivity index (χ0v) is 16.2. The SMILES string of the molecule is CCCCCCCCOC(=O)CCCC(=O)Oc1cc(Cl)cc(Cl)c1. The van der Waals surface area contributed by atoms with Gasteiger partial charge in [-0.25, -0.2) is 0 Å². The van der Waals surface area contributed by atoms with E-state index in [0.29, 0.717) is 28.8 Å². The lowest BCUT2D eigenvalue weighted by molar-refractivity contribution is -0.144. The Morgan fingerprint density at radius 2 is 1.44 bits per heavy atom. The summed E-state index contributed by atoms with van der Waals surface area (Å²) in [6.45, 7) is 2.64. The summed E-state index contributed by atoms with van der Waals surface area (Å²) >= 11 is 11.7. The monoisotopic (exact) mass is 388 g/mol. The Bertz CT molecular complexity index is 526. The van der Waals surface area contributed by atoms with Gasteiger partial charge in [-0.3, -0.25) is 9.59 Å². The van der Waals surface area contributed by atoms with Gasteiger partial charge in [0.15, 0.2) is 0 Å². The normalized spacial score (nSPS) is 10.5. The van der Waals surface area contributed by atoms with Crippen LogP contribution in [-0.2, 0) is 14.3 Å². The average molecular weight is 389 g/mol. The highest BCUT2D eigenvalue weighted by Gasteiger charge is 2.09. The molecule has 0 spiro atoms. The van der Waals surface area contributed by atoms with E-state index in [0.717, 1.165) is 12.8 Å². The summed E-state index contributed by atoms with van der Waals surface area (Å²) in [6.07, 6.45) is 7.63. The minimum atomic E-state index is -0.429. The number of ether oxygens (including phenoxy) is 2. The molecule has 1 aromatic rings. The van der Waals surface area contributed by atoms with Crippen LogP contribution in [0.3, 0.4) is 0 Å². The number of hydrogen-bond donors (Lipinski definition) is 0. The topological polar surface area (TPSA) is 52.6 Å². The minimum Gasteiger partial charge on any atom is -0.466 e. The third-order valence-corrected chi connectivity index (χ3v) is 4.03. The van der Waals surface area contributed by atoms with Gasteiger partial charge in [-0.1, -0.05) is 62.2 Å². The van der Waals surface area contributed by atoms with Crippen molar-refractivity contribution in [3.8, 4) is 5.75 Å². The first-order valence-corrected chi connectivity index (χ1v) is 9.59. The summed E-state index contributed by atoms with van der Waals surface area (Å²) < 4.78 is 10.3. The van der Waals surface area contributed by atoms with Crippen LogP contribution in [0.4, 0.5) is 0 Å². The molecular formula is C19H26Cl2O4. The van der Waals surface area contributed by atoms with Gasteiger partial charge >= 0.3 is 11.9 Å². The van der Waals surface area contributed by atoms with E-state index in [4.69, 9.17) is 32.7 Å². The number of esters is 2. The lowest BCUT2D eigenvalue weighted by Gasteiger charge is -2.06. The predicted molar refractivity (Wildman–Crippen MR) is 100 cm³/mol. The van der Waals surface area contributed by atoms with Gasteiger partial charge in [0.05, 0.1) is 6.61 Å². The number of halogens is 2. The maximum absolute atomic E-state index is 11.7. The third kappa shape index (κ3) is 11.1. The molecular weight excluding hydrogens is 363 g/mol. The van der Waals surface area contributed by atoms with Crippen LogP contribution in [0.1, 0.15) is 64.7 Å². The van der Waals surface area contributed by atoms with Gasteiger partial charge < -0.3 is 9.47 Å². The van der Waals surface area contributed by atoms with E-state index in [1.807, 2.05) is 0 Å². The van der Waals surface area contributed by atoms with Gasteiger partial charge in [0.25, 0.3) is 0 Å². The lowest BCUT2D eigenvalue weighted by Crippen LogP contribution is -2.10. The molecule has 0 amide bonds. The highest BCUT2D eigenvalue weighted by atomic mass is 35.5. The fourth-order valence-electron chi connectivity index (χ4n) is 2.29. The first kappa shape index (κ1) is 21.8. The minimum absolute atomic E-state index is 0.135. The van der Waals surface area contributed by atoms with Crippen LogP contribution >= 0.6 is 23.2 Å². The van der Waals surface area contributed by atoms with E-state index >= 15 is 0 Å². The molecule has 4 nitrogen and oxygen atoms in total. The van der Waals surface area contributed by atoms with Crippen LogP contribution in [0.15, 0.2) is 18.2 Å². The van der Waals surface area contributed by atoms with Crippen LogP contribution < -0.4 is 4.74 Å². The van der Waals surface area contributed by atoms with Crippen molar-refractivity contribution in [3.05, 3.63) is 28.2 Å². The second-order valence-corrected chi connectivity index (χ2v) is 6.79. The van der Waals surface area contributed by atoms with E-state index < -0.39 is 5.97 Å². The smallest absolute Gasteiger partial charge is 0.311 e. The third-order valence-electron chi connectivity index (χ3n) is 3.59. The van der Waals surface area contributed by atoms with Crippen molar-refractivity contribution in [2.45, 2.75) is 64.7 Å². The Balaban J connectivity index is 2.09. The van der Waals surface area contributed by atoms with Crippen molar-refractivity contribution in [3.63, 3.8) is 0 Å².